The van der Waals surface area contributed by atoms with Gasteiger partial charge in [-0.15, -0.1) is 0 Å². The molecule has 2 aromatic heterocycles. The van der Waals surface area contributed by atoms with Crippen LogP contribution in [0.15, 0.2) is 48.9 Å². The molecule has 11 heteroatoms. The standard InChI is InChI=1S/C29H27F2N5O4/c1-40-23-5-18(3-20(30)6-23)27-32-12-17(13-33-27)15-36-26-19(14-34-36)4-21(31)7-24(26)28(39)35-22-10-29(11-22)8-16(9-29)2-25(37)38/h3-7,12-14,16,22H,2,8-11,15H2,1H3,(H,35,39)(H,37,38). The smallest absolute Gasteiger partial charge is 0.303 e. The Morgan fingerprint density at radius 1 is 1.05 bits per heavy atom. The topological polar surface area (TPSA) is 119 Å². The predicted octanol–water partition coefficient (Wildman–Crippen LogP) is 4.59. The molecular formula is C29H27F2N5O4. The lowest BCUT2D eigenvalue weighted by atomic mass is 9.49. The Morgan fingerprint density at radius 2 is 1.77 bits per heavy atom. The highest BCUT2D eigenvalue weighted by atomic mass is 19.1. The molecule has 0 saturated heterocycles. The minimum atomic E-state index is -0.773. The molecule has 4 aromatic rings. The second-order valence-corrected chi connectivity index (χ2v) is 10.9. The third-order valence-electron chi connectivity index (χ3n) is 7.95. The summed E-state index contributed by atoms with van der Waals surface area (Å²) in [6, 6.07) is 6.75. The van der Waals surface area contributed by atoms with Gasteiger partial charge in [-0.2, -0.15) is 5.10 Å². The molecule has 2 aliphatic carbocycles. The summed E-state index contributed by atoms with van der Waals surface area (Å²) >= 11 is 0. The SMILES string of the molecule is COc1cc(F)cc(-c2ncc(Cn3ncc4cc(F)cc(C(=O)NC5CC6(CC(CC(=O)O)C6)C5)c43)cn2)c1. The van der Waals surface area contributed by atoms with Crippen LogP contribution in [0.1, 0.15) is 48.0 Å². The van der Waals surface area contributed by atoms with Gasteiger partial charge < -0.3 is 15.2 Å². The number of nitrogens with zero attached hydrogens (tertiary/aromatic N) is 4. The average molecular weight is 548 g/mol. The fourth-order valence-corrected chi connectivity index (χ4v) is 6.30. The molecule has 2 heterocycles. The summed E-state index contributed by atoms with van der Waals surface area (Å²) in [5, 5.41) is 16.9. The lowest BCUT2D eigenvalue weighted by Gasteiger charge is -2.57. The summed E-state index contributed by atoms with van der Waals surface area (Å²) in [5.41, 5.74) is 1.97. The molecule has 9 nitrogen and oxygen atoms in total. The van der Waals surface area contributed by atoms with Crippen molar-refractivity contribution in [2.24, 2.45) is 11.3 Å². The number of amides is 1. The molecule has 2 saturated carbocycles. The molecule has 1 amide bonds. The molecule has 2 aromatic carbocycles. The molecule has 2 N–H and O–H groups in total. The number of carbonyl (C=O) groups excluding carboxylic acids is 1. The van der Waals surface area contributed by atoms with Crippen LogP contribution in [0.5, 0.6) is 5.75 Å². The predicted molar refractivity (Wildman–Crippen MR) is 141 cm³/mol. The van der Waals surface area contributed by atoms with Gasteiger partial charge in [0.2, 0.25) is 0 Å². The van der Waals surface area contributed by atoms with Crippen LogP contribution in [0.4, 0.5) is 8.78 Å². The first-order chi connectivity index (χ1) is 19.2. The van der Waals surface area contributed by atoms with E-state index in [0.717, 1.165) is 25.7 Å². The van der Waals surface area contributed by atoms with E-state index in [9.17, 15) is 18.4 Å². The molecule has 0 radical (unpaired) electrons. The van der Waals surface area contributed by atoms with Gasteiger partial charge in [-0.3, -0.25) is 14.3 Å². The number of carboxylic acids is 1. The van der Waals surface area contributed by atoms with Crippen LogP contribution in [0.3, 0.4) is 0 Å². The van der Waals surface area contributed by atoms with Crippen molar-refractivity contribution in [3.8, 4) is 17.1 Å². The van der Waals surface area contributed by atoms with E-state index in [1.54, 1.807) is 23.1 Å². The van der Waals surface area contributed by atoms with E-state index in [1.807, 2.05) is 0 Å². The number of carbonyl (C=O) groups is 2. The monoisotopic (exact) mass is 547 g/mol. The summed E-state index contributed by atoms with van der Waals surface area (Å²) in [6.07, 6.45) is 8.24. The van der Waals surface area contributed by atoms with Crippen molar-refractivity contribution in [2.75, 3.05) is 7.11 Å². The van der Waals surface area contributed by atoms with Gasteiger partial charge in [0.25, 0.3) is 5.91 Å². The largest absolute Gasteiger partial charge is 0.497 e. The average Bonchev–Trinajstić information content (AvgIpc) is 3.27. The molecule has 40 heavy (non-hydrogen) atoms. The molecule has 0 aliphatic heterocycles. The van der Waals surface area contributed by atoms with Crippen molar-refractivity contribution in [3.63, 3.8) is 0 Å². The van der Waals surface area contributed by atoms with Crippen LogP contribution >= 0.6 is 0 Å². The van der Waals surface area contributed by atoms with E-state index in [2.05, 4.69) is 20.4 Å². The molecule has 0 atom stereocenters. The first kappa shape index (κ1) is 25.8. The molecule has 6 rings (SSSR count). The van der Waals surface area contributed by atoms with Crippen LogP contribution in [-0.2, 0) is 11.3 Å². The lowest BCUT2D eigenvalue weighted by Crippen LogP contribution is -2.56. The third kappa shape index (κ3) is 4.99. The van der Waals surface area contributed by atoms with Crippen LogP contribution in [0.25, 0.3) is 22.3 Å². The molecule has 2 fully saturated rings. The minimum absolute atomic E-state index is 0.0321. The number of carboxylic acid groups (broad SMARTS) is 1. The number of hydrogen-bond donors (Lipinski definition) is 2. The zero-order valence-electron chi connectivity index (χ0n) is 21.7. The number of halogens is 2. The molecular weight excluding hydrogens is 520 g/mol. The van der Waals surface area contributed by atoms with Gasteiger partial charge in [0.15, 0.2) is 5.82 Å². The maximum absolute atomic E-state index is 14.4. The molecule has 206 valence electrons. The van der Waals surface area contributed by atoms with E-state index in [0.29, 0.717) is 33.6 Å². The quantitative estimate of drug-likeness (QED) is 0.331. The fourth-order valence-electron chi connectivity index (χ4n) is 6.30. The Kier molecular flexibility index (Phi) is 6.44. The molecule has 0 bridgehead atoms. The Hall–Kier alpha value is -4.41. The number of ether oxygens (including phenoxy) is 1. The van der Waals surface area contributed by atoms with Crippen LogP contribution in [0, 0.1) is 23.0 Å². The van der Waals surface area contributed by atoms with Crippen molar-refractivity contribution >= 4 is 22.8 Å². The number of aromatic nitrogens is 4. The zero-order valence-corrected chi connectivity index (χ0v) is 21.7. The van der Waals surface area contributed by atoms with E-state index in [-0.39, 0.29) is 41.8 Å². The second-order valence-electron chi connectivity index (χ2n) is 10.9. The molecule has 0 unspecified atom stereocenters. The summed E-state index contributed by atoms with van der Waals surface area (Å²) in [5.74, 6) is -1.25. The normalized spacial score (nSPS) is 21.6. The van der Waals surface area contributed by atoms with Gasteiger partial charge in [0.1, 0.15) is 17.4 Å². The van der Waals surface area contributed by atoms with Crippen molar-refractivity contribution in [2.45, 2.75) is 44.7 Å². The number of hydrogen-bond acceptors (Lipinski definition) is 6. The van der Waals surface area contributed by atoms with Gasteiger partial charge in [-0.1, -0.05) is 0 Å². The van der Waals surface area contributed by atoms with Gasteiger partial charge in [0.05, 0.1) is 30.9 Å². The van der Waals surface area contributed by atoms with E-state index in [1.165, 1.54) is 37.6 Å². The lowest BCUT2D eigenvalue weighted by molar-refractivity contribution is -0.142. The van der Waals surface area contributed by atoms with Crippen LogP contribution in [-0.4, -0.2) is 49.9 Å². The summed E-state index contributed by atoms with van der Waals surface area (Å²) in [7, 11) is 1.45. The second kappa shape index (κ2) is 9.96. The third-order valence-corrected chi connectivity index (χ3v) is 7.95. The Labute approximate surface area is 228 Å². The number of fused-ring (bicyclic) bond motifs is 1. The first-order valence-corrected chi connectivity index (χ1v) is 13.0. The van der Waals surface area contributed by atoms with E-state index < -0.39 is 17.6 Å². The molecule has 2 aliphatic rings. The highest BCUT2D eigenvalue weighted by Crippen LogP contribution is 2.59. The van der Waals surface area contributed by atoms with Crippen LogP contribution < -0.4 is 10.1 Å². The van der Waals surface area contributed by atoms with Crippen LogP contribution in [0.2, 0.25) is 0 Å². The summed E-state index contributed by atoms with van der Waals surface area (Å²) in [6.45, 7) is 0.236. The summed E-state index contributed by atoms with van der Waals surface area (Å²) < 4.78 is 35.1. The van der Waals surface area contributed by atoms with E-state index >= 15 is 0 Å². The van der Waals surface area contributed by atoms with Gasteiger partial charge in [-0.05, 0) is 61.3 Å². The number of benzene rings is 2. The Bertz CT molecular complexity index is 1610. The molecule has 1 spiro atoms. The highest BCUT2D eigenvalue weighted by Gasteiger charge is 2.53. The number of aliphatic carboxylic acids is 1. The number of rotatable bonds is 8. The maximum atomic E-state index is 14.4. The Balaban J connectivity index is 1.17. The number of nitrogens with one attached hydrogen (secondary N) is 1. The zero-order chi connectivity index (χ0) is 28.0. The fraction of sp³-hybridized carbons (Fsp3) is 0.345. The maximum Gasteiger partial charge on any atom is 0.303 e. The van der Waals surface area contributed by atoms with Crippen molar-refractivity contribution in [3.05, 3.63) is 71.7 Å². The number of methoxy groups -OCH3 is 1. The van der Waals surface area contributed by atoms with Crippen molar-refractivity contribution < 1.29 is 28.2 Å². The van der Waals surface area contributed by atoms with Gasteiger partial charge in [-0.25, -0.2) is 18.7 Å². The van der Waals surface area contributed by atoms with Crippen molar-refractivity contribution in [1.29, 1.82) is 0 Å². The Morgan fingerprint density at radius 3 is 2.48 bits per heavy atom. The van der Waals surface area contributed by atoms with Crippen molar-refractivity contribution in [1.82, 2.24) is 25.1 Å². The van der Waals surface area contributed by atoms with E-state index in [4.69, 9.17) is 9.84 Å². The van der Waals surface area contributed by atoms with Gasteiger partial charge >= 0.3 is 5.97 Å². The van der Waals surface area contributed by atoms with Gasteiger partial charge in [0, 0.05) is 47.4 Å². The summed E-state index contributed by atoms with van der Waals surface area (Å²) in [4.78, 5) is 32.9. The minimum Gasteiger partial charge on any atom is -0.497 e. The highest BCUT2D eigenvalue weighted by molar-refractivity contribution is 6.05. The first-order valence-electron chi connectivity index (χ1n) is 13.0.